The number of aryl methyl sites for hydroxylation is 1. The van der Waals surface area contributed by atoms with Crippen LogP contribution in [0.15, 0.2) is 115 Å². The Hall–Kier alpha value is -4.42. The van der Waals surface area contributed by atoms with Crippen LogP contribution in [0, 0.1) is 0 Å². The first-order chi connectivity index (χ1) is 19.6. The van der Waals surface area contributed by atoms with Crippen molar-refractivity contribution in [3.05, 3.63) is 136 Å². The number of nitrogens with zero attached hydrogens (tertiary/aromatic N) is 2. The van der Waals surface area contributed by atoms with Gasteiger partial charge in [-0.3, -0.25) is 4.79 Å². The van der Waals surface area contributed by atoms with Crippen molar-refractivity contribution < 1.29 is 14.6 Å². The third-order valence-electron chi connectivity index (χ3n) is 6.72. The summed E-state index contributed by atoms with van der Waals surface area (Å²) in [7, 11) is 0. The number of aliphatic carboxylic acids is 1. The first kappa shape index (κ1) is 27.2. The van der Waals surface area contributed by atoms with Gasteiger partial charge in [0.2, 0.25) is 0 Å². The molecule has 0 spiro atoms. The van der Waals surface area contributed by atoms with E-state index in [0.29, 0.717) is 13.0 Å². The summed E-state index contributed by atoms with van der Waals surface area (Å²) in [5, 5.41) is 12.1. The molecule has 1 N–H and O–H groups in total. The Labute approximate surface area is 239 Å². The third-order valence-corrected chi connectivity index (χ3v) is 7.55. The van der Waals surface area contributed by atoms with Crippen LogP contribution in [0.3, 0.4) is 0 Å². The van der Waals surface area contributed by atoms with Crippen LogP contribution in [0.1, 0.15) is 28.1 Å². The molecule has 0 fully saturated rings. The second-order valence-corrected chi connectivity index (χ2v) is 10.6. The topological polar surface area (TPSA) is 62.7 Å². The minimum absolute atomic E-state index is 0.131. The average molecular weight is 549 g/mol. The standard InChI is InChI=1S/C34H32N2O3S/c37-34(38)20-15-27-13-18-31(19-14-27)39-24-28-11-16-30(17-12-28)36(22-21-26-7-3-1-4-8-26)23-33-35-32(25-40-33)29-9-5-2-6-10-29/h1-14,16-19,25H,15,20-24H2,(H,37,38). The van der Waals surface area contributed by atoms with Crippen LogP contribution in [0.25, 0.3) is 11.3 Å². The molecule has 5 rings (SSSR count). The maximum absolute atomic E-state index is 10.8. The van der Waals surface area contributed by atoms with Crippen molar-refractivity contribution >= 4 is 23.0 Å². The Kier molecular flexibility index (Phi) is 9.22. The highest BCUT2D eigenvalue weighted by Crippen LogP contribution is 2.25. The van der Waals surface area contributed by atoms with Gasteiger partial charge in [0.05, 0.1) is 12.2 Å². The first-order valence-corrected chi connectivity index (χ1v) is 14.3. The van der Waals surface area contributed by atoms with Crippen LogP contribution in [0.5, 0.6) is 5.75 Å². The molecule has 1 aromatic heterocycles. The highest BCUT2D eigenvalue weighted by molar-refractivity contribution is 7.10. The molecule has 6 heteroatoms. The predicted octanol–water partition coefficient (Wildman–Crippen LogP) is 7.66. The van der Waals surface area contributed by atoms with Gasteiger partial charge in [-0.05, 0) is 53.8 Å². The number of ether oxygens (including phenoxy) is 1. The lowest BCUT2D eigenvalue weighted by atomic mass is 10.1. The van der Waals surface area contributed by atoms with E-state index in [2.05, 4.69) is 77.0 Å². The second kappa shape index (κ2) is 13.6. The Bertz CT molecular complexity index is 1480. The molecule has 0 aliphatic heterocycles. The van der Waals surface area contributed by atoms with E-state index in [-0.39, 0.29) is 6.42 Å². The molecule has 40 heavy (non-hydrogen) atoms. The lowest BCUT2D eigenvalue weighted by Crippen LogP contribution is -2.25. The van der Waals surface area contributed by atoms with Crippen LogP contribution in [0.4, 0.5) is 5.69 Å². The molecule has 5 aromatic rings. The SMILES string of the molecule is O=C(O)CCc1ccc(OCc2ccc(N(CCc3ccccc3)Cc3nc(-c4ccccc4)cs3)cc2)cc1. The fourth-order valence-electron chi connectivity index (χ4n) is 4.47. The third kappa shape index (κ3) is 7.80. The van der Waals surface area contributed by atoms with Crippen molar-refractivity contribution in [1.29, 1.82) is 0 Å². The maximum Gasteiger partial charge on any atom is 0.303 e. The molecule has 0 atom stereocenters. The molecule has 202 valence electrons. The number of hydrogen-bond donors (Lipinski definition) is 1. The highest BCUT2D eigenvalue weighted by atomic mass is 32.1. The van der Waals surface area contributed by atoms with E-state index in [9.17, 15) is 4.79 Å². The van der Waals surface area contributed by atoms with Gasteiger partial charge in [-0.25, -0.2) is 4.98 Å². The Morgan fingerprint density at radius 2 is 1.43 bits per heavy atom. The maximum atomic E-state index is 10.8. The van der Waals surface area contributed by atoms with Crippen LogP contribution >= 0.6 is 11.3 Å². The van der Waals surface area contributed by atoms with Gasteiger partial charge in [0.1, 0.15) is 17.4 Å². The van der Waals surface area contributed by atoms with Crippen LogP contribution in [-0.4, -0.2) is 22.6 Å². The summed E-state index contributed by atoms with van der Waals surface area (Å²) in [6, 6.07) is 37.1. The van der Waals surface area contributed by atoms with Crippen molar-refractivity contribution in [2.45, 2.75) is 32.4 Å². The molecule has 0 radical (unpaired) electrons. The van der Waals surface area contributed by atoms with Gasteiger partial charge >= 0.3 is 5.97 Å². The summed E-state index contributed by atoms with van der Waals surface area (Å²) in [4.78, 5) is 18.1. The van der Waals surface area contributed by atoms with Gasteiger partial charge < -0.3 is 14.7 Å². The molecular formula is C34H32N2O3S. The molecular weight excluding hydrogens is 516 g/mol. The Balaban J connectivity index is 1.24. The summed E-state index contributed by atoms with van der Waals surface area (Å²) in [6.45, 7) is 2.09. The summed E-state index contributed by atoms with van der Waals surface area (Å²) in [5.41, 5.74) is 6.70. The second-order valence-electron chi connectivity index (χ2n) is 9.64. The first-order valence-electron chi connectivity index (χ1n) is 13.4. The van der Waals surface area contributed by atoms with Crippen molar-refractivity contribution in [3.63, 3.8) is 0 Å². The quantitative estimate of drug-likeness (QED) is 0.164. The van der Waals surface area contributed by atoms with Gasteiger partial charge in [-0.2, -0.15) is 0 Å². The smallest absolute Gasteiger partial charge is 0.303 e. The number of rotatable bonds is 13. The predicted molar refractivity (Wildman–Crippen MR) is 162 cm³/mol. The van der Waals surface area contributed by atoms with Crippen LogP contribution in [-0.2, 0) is 30.8 Å². The van der Waals surface area contributed by atoms with E-state index in [1.54, 1.807) is 11.3 Å². The van der Waals surface area contributed by atoms with Gasteiger partial charge in [0, 0.05) is 29.6 Å². The van der Waals surface area contributed by atoms with Crippen molar-refractivity contribution in [2.24, 2.45) is 0 Å². The highest BCUT2D eigenvalue weighted by Gasteiger charge is 2.12. The van der Waals surface area contributed by atoms with E-state index in [1.165, 1.54) is 5.56 Å². The molecule has 0 aliphatic carbocycles. The van der Waals surface area contributed by atoms with Crippen molar-refractivity contribution in [2.75, 3.05) is 11.4 Å². The zero-order valence-corrected chi connectivity index (χ0v) is 23.1. The van der Waals surface area contributed by atoms with Gasteiger partial charge in [0.25, 0.3) is 0 Å². The van der Waals surface area contributed by atoms with Crippen LogP contribution in [0.2, 0.25) is 0 Å². The normalized spacial score (nSPS) is 10.8. The van der Waals surface area contributed by atoms with E-state index < -0.39 is 5.97 Å². The largest absolute Gasteiger partial charge is 0.489 e. The van der Waals surface area contributed by atoms with E-state index in [4.69, 9.17) is 14.8 Å². The summed E-state index contributed by atoms with van der Waals surface area (Å²) >= 11 is 1.70. The van der Waals surface area contributed by atoms with E-state index >= 15 is 0 Å². The van der Waals surface area contributed by atoms with Gasteiger partial charge in [-0.1, -0.05) is 84.9 Å². The van der Waals surface area contributed by atoms with Crippen LogP contribution < -0.4 is 9.64 Å². The van der Waals surface area contributed by atoms with Crippen molar-refractivity contribution in [1.82, 2.24) is 4.98 Å². The monoisotopic (exact) mass is 548 g/mol. The minimum atomic E-state index is -0.786. The average Bonchev–Trinajstić information content (AvgIpc) is 3.47. The Morgan fingerprint density at radius 3 is 2.12 bits per heavy atom. The lowest BCUT2D eigenvalue weighted by molar-refractivity contribution is -0.136. The van der Waals surface area contributed by atoms with E-state index in [1.807, 2.05) is 42.5 Å². The van der Waals surface area contributed by atoms with Gasteiger partial charge in [-0.15, -0.1) is 11.3 Å². The molecule has 1 heterocycles. The Morgan fingerprint density at radius 1 is 0.775 bits per heavy atom. The number of aromatic nitrogens is 1. The fraction of sp³-hybridized carbons (Fsp3) is 0.176. The number of hydrogen-bond acceptors (Lipinski definition) is 5. The number of carboxylic acid groups (broad SMARTS) is 1. The van der Waals surface area contributed by atoms with Crippen molar-refractivity contribution in [3.8, 4) is 17.0 Å². The molecule has 5 nitrogen and oxygen atoms in total. The number of carbonyl (C=O) groups is 1. The zero-order chi connectivity index (χ0) is 27.6. The summed E-state index contributed by atoms with van der Waals surface area (Å²) < 4.78 is 5.98. The molecule has 0 bridgehead atoms. The van der Waals surface area contributed by atoms with Gasteiger partial charge in [0.15, 0.2) is 0 Å². The fourth-order valence-corrected chi connectivity index (χ4v) is 5.29. The molecule has 0 aliphatic rings. The molecule has 0 saturated carbocycles. The lowest BCUT2D eigenvalue weighted by Gasteiger charge is -2.24. The number of benzene rings is 4. The molecule has 0 amide bonds. The summed E-state index contributed by atoms with van der Waals surface area (Å²) in [6.07, 6.45) is 1.60. The summed E-state index contributed by atoms with van der Waals surface area (Å²) in [5.74, 6) is -0.0170. The number of anilines is 1. The number of carboxylic acids is 1. The minimum Gasteiger partial charge on any atom is -0.489 e. The van der Waals surface area contributed by atoms with E-state index in [0.717, 1.165) is 58.3 Å². The number of thiazole rings is 1. The molecule has 0 saturated heterocycles. The molecule has 0 unspecified atom stereocenters. The zero-order valence-electron chi connectivity index (χ0n) is 22.3. The molecule has 4 aromatic carbocycles.